The van der Waals surface area contributed by atoms with Crippen molar-refractivity contribution in [2.45, 2.75) is 18.9 Å². The summed E-state index contributed by atoms with van der Waals surface area (Å²) in [5.74, 6) is 0.766. The monoisotopic (exact) mass is 391 g/mol. The first-order valence-corrected chi connectivity index (χ1v) is 9.77. The standard InChI is InChI=1S/C21H21N5O3/c27-21(19-24-16-3-1-2-4-17(16)25-19)26-10-5-15(13-26)29-20-18(22-8-9-23-20)14-6-11-28-12-7-14/h1-4,6,8-9,15H,5,7,10-13H2,(H,24,25). The smallest absolute Gasteiger partial charge is 0.289 e. The molecule has 1 atom stereocenters. The molecule has 2 aliphatic rings. The highest BCUT2D eigenvalue weighted by molar-refractivity contribution is 5.94. The molecule has 4 heterocycles. The number of para-hydroxylation sites is 2. The zero-order valence-electron chi connectivity index (χ0n) is 15.9. The summed E-state index contributed by atoms with van der Waals surface area (Å²) in [6.07, 6.45) is 6.72. The van der Waals surface area contributed by atoms with E-state index < -0.39 is 0 Å². The number of ether oxygens (including phenoxy) is 2. The average molecular weight is 391 g/mol. The second-order valence-corrected chi connectivity index (χ2v) is 7.15. The lowest BCUT2D eigenvalue weighted by atomic mass is 10.1. The molecule has 0 spiro atoms. The number of imidazole rings is 1. The molecule has 1 N–H and O–H groups in total. The van der Waals surface area contributed by atoms with E-state index in [4.69, 9.17) is 9.47 Å². The molecule has 1 saturated heterocycles. The van der Waals surface area contributed by atoms with Crippen LogP contribution in [0.25, 0.3) is 16.6 Å². The summed E-state index contributed by atoms with van der Waals surface area (Å²) in [5, 5.41) is 0. The fraction of sp³-hybridized carbons (Fsp3) is 0.333. The van der Waals surface area contributed by atoms with E-state index in [0.717, 1.165) is 35.1 Å². The summed E-state index contributed by atoms with van der Waals surface area (Å²) in [5.41, 5.74) is 3.50. The Hall–Kier alpha value is -3.26. The van der Waals surface area contributed by atoms with Crippen LogP contribution in [0.1, 0.15) is 29.2 Å². The van der Waals surface area contributed by atoms with Gasteiger partial charge in [-0.1, -0.05) is 18.2 Å². The van der Waals surface area contributed by atoms with Crippen molar-refractivity contribution in [2.75, 3.05) is 26.3 Å². The minimum atomic E-state index is -0.126. The molecule has 2 aliphatic heterocycles. The Labute approximate surface area is 167 Å². The Morgan fingerprint density at radius 3 is 3.00 bits per heavy atom. The van der Waals surface area contributed by atoms with Crippen molar-refractivity contribution >= 4 is 22.5 Å². The molecule has 1 unspecified atom stereocenters. The molecular formula is C21H21N5O3. The Morgan fingerprint density at radius 2 is 2.14 bits per heavy atom. The third-order valence-electron chi connectivity index (χ3n) is 5.23. The molecule has 1 amide bonds. The van der Waals surface area contributed by atoms with Gasteiger partial charge >= 0.3 is 0 Å². The first-order valence-electron chi connectivity index (χ1n) is 9.77. The highest BCUT2D eigenvalue weighted by atomic mass is 16.5. The maximum atomic E-state index is 12.9. The van der Waals surface area contributed by atoms with Crippen LogP contribution in [0.5, 0.6) is 5.88 Å². The number of carbonyl (C=O) groups is 1. The molecule has 0 aliphatic carbocycles. The van der Waals surface area contributed by atoms with E-state index in [2.05, 4.69) is 19.9 Å². The van der Waals surface area contributed by atoms with Crippen molar-refractivity contribution in [1.82, 2.24) is 24.8 Å². The van der Waals surface area contributed by atoms with Crippen molar-refractivity contribution < 1.29 is 14.3 Å². The summed E-state index contributed by atoms with van der Waals surface area (Å²) < 4.78 is 11.5. The number of amides is 1. The van der Waals surface area contributed by atoms with Gasteiger partial charge in [0, 0.05) is 25.4 Å². The molecule has 0 bridgehead atoms. The van der Waals surface area contributed by atoms with E-state index in [9.17, 15) is 4.79 Å². The van der Waals surface area contributed by atoms with Crippen molar-refractivity contribution in [2.24, 2.45) is 0 Å². The fourth-order valence-corrected chi connectivity index (χ4v) is 3.74. The van der Waals surface area contributed by atoms with Gasteiger partial charge in [-0.2, -0.15) is 0 Å². The van der Waals surface area contributed by atoms with Crippen LogP contribution >= 0.6 is 0 Å². The third kappa shape index (κ3) is 3.58. The number of aromatic nitrogens is 4. The van der Waals surface area contributed by atoms with Gasteiger partial charge in [-0.15, -0.1) is 0 Å². The van der Waals surface area contributed by atoms with E-state index in [1.54, 1.807) is 17.3 Å². The summed E-state index contributed by atoms with van der Waals surface area (Å²) in [6, 6.07) is 7.62. The quantitative estimate of drug-likeness (QED) is 0.734. The molecular weight excluding hydrogens is 370 g/mol. The second kappa shape index (κ2) is 7.63. The molecule has 3 aromatic rings. The predicted molar refractivity (Wildman–Crippen MR) is 106 cm³/mol. The summed E-state index contributed by atoms with van der Waals surface area (Å²) in [6.45, 7) is 2.36. The molecule has 0 saturated carbocycles. The number of likely N-dealkylation sites (tertiary alicyclic amines) is 1. The third-order valence-corrected chi connectivity index (χ3v) is 5.23. The van der Waals surface area contributed by atoms with E-state index >= 15 is 0 Å². The van der Waals surface area contributed by atoms with Crippen LogP contribution in [-0.4, -0.2) is 63.2 Å². The topological polar surface area (TPSA) is 93.2 Å². The zero-order valence-corrected chi connectivity index (χ0v) is 15.9. The predicted octanol–water partition coefficient (Wildman–Crippen LogP) is 2.45. The van der Waals surface area contributed by atoms with Crippen LogP contribution in [0, 0.1) is 0 Å². The second-order valence-electron chi connectivity index (χ2n) is 7.15. The number of aromatic amines is 1. The summed E-state index contributed by atoms with van der Waals surface area (Å²) in [4.78, 5) is 31.0. The van der Waals surface area contributed by atoms with E-state index in [1.807, 2.05) is 30.3 Å². The molecule has 0 radical (unpaired) electrons. The number of hydrogen-bond donors (Lipinski definition) is 1. The number of nitrogens with zero attached hydrogens (tertiary/aromatic N) is 4. The Balaban J connectivity index is 1.29. The summed E-state index contributed by atoms with van der Waals surface area (Å²) >= 11 is 0. The zero-order chi connectivity index (χ0) is 19.6. The molecule has 1 aromatic carbocycles. The molecule has 148 valence electrons. The molecule has 8 heteroatoms. The van der Waals surface area contributed by atoms with Gasteiger partial charge in [-0.05, 0) is 24.1 Å². The number of carbonyl (C=O) groups excluding carboxylic acids is 1. The van der Waals surface area contributed by atoms with Crippen molar-refractivity contribution in [3.8, 4) is 5.88 Å². The van der Waals surface area contributed by atoms with Crippen LogP contribution in [-0.2, 0) is 4.74 Å². The van der Waals surface area contributed by atoms with Gasteiger partial charge in [-0.25, -0.2) is 15.0 Å². The van der Waals surface area contributed by atoms with Gasteiger partial charge in [0.15, 0.2) is 5.82 Å². The maximum Gasteiger partial charge on any atom is 0.289 e. The van der Waals surface area contributed by atoms with Gasteiger partial charge in [0.1, 0.15) is 11.8 Å². The van der Waals surface area contributed by atoms with Crippen LogP contribution in [0.4, 0.5) is 0 Å². The van der Waals surface area contributed by atoms with Crippen LogP contribution in [0.3, 0.4) is 0 Å². The Bertz CT molecular complexity index is 1040. The molecule has 5 rings (SSSR count). The van der Waals surface area contributed by atoms with Gasteiger partial charge in [0.25, 0.3) is 5.91 Å². The van der Waals surface area contributed by atoms with E-state index in [1.165, 1.54) is 0 Å². The SMILES string of the molecule is O=C(c1nc2ccccc2[nH]1)N1CCC(Oc2nccnc2C2=CCOCC2)C1. The lowest BCUT2D eigenvalue weighted by Gasteiger charge is -2.19. The van der Waals surface area contributed by atoms with Gasteiger partial charge in [0.2, 0.25) is 5.88 Å². The lowest BCUT2D eigenvalue weighted by molar-refractivity contribution is 0.0760. The van der Waals surface area contributed by atoms with Gasteiger partial charge < -0.3 is 19.4 Å². The number of nitrogens with one attached hydrogen (secondary N) is 1. The van der Waals surface area contributed by atoms with E-state index in [-0.39, 0.29) is 12.0 Å². The molecule has 2 aromatic heterocycles. The first kappa shape index (κ1) is 17.8. The van der Waals surface area contributed by atoms with Crippen molar-refractivity contribution in [3.63, 3.8) is 0 Å². The Morgan fingerprint density at radius 1 is 1.24 bits per heavy atom. The fourth-order valence-electron chi connectivity index (χ4n) is 3.74. The minimum absolute atomic E-state index is 0.112. The lowest BCUT2D eigenvalue weighted by Crippen LogP contribution is -2.31. The minimum Gasteiger partial charge on any atom is -0.471 e. The molecule has 1 fully saturated rings. The van der Waals surface area contributed by atoms with E-state index in [0.29, 0.717) is 38.0 Å². The number of fused-ring (bicyclic) bond motifs is 1. The first-order chi connectivity index (χ1) is 14.3. The highest BCUT2D eigenvalue weighted by Crippen LogP contribution is 2.28. The van der Waals surface area contributed by atoms with Crippen molar-refractivity contribution in [1.29, 1.82) is 0 Å². The van der Waals surface area contributed by atoms with Crippen molar-refractivity contribution in [3.05, 3.63) is 54.3 Å². The van der Waals surface area contributed by atoms with Crippen LogP contribution in [0.15, 0.2) is 42.7 Å². The number of H-pyrrole nitrogens is 1. The highest BCUT2D eigenvalue weighted by Gasteiger charge is 2.31. The number of hydrogen-bond acceptors (Lipinski definition) is 6. The largest absolute Gasteiger partial charge is 0.471 e. The molecule has 8 nitrogen and oxygen atoms in total. The van der Waals surface area contributed by atoms with Gasteiger partial charge in [0.05, 0.1) is 30.8 Å². The number of rotatable bonds is 4. The molecule has 29 heavy (non-hydrogen) atoms. The Kier molecular flexibility index (Phi) is 4.69. The average Bonchev–Trinajstić information content (AvgIpc) is 3.41. The van der Waals surface area contributed by atoms with Gasteiger partial charge in [-0.3, -0.25) is 4.79 Å². The normalized spacial score (nSPS) is 19.4. The van der Waals surface area contributed by atoms with Crippen LogP contribution in [0.2, 0.25) is 0 Å². The number of benzene rings is 1. The summed E-state index contributed by atoms with van der Waals surface area (Å²) in [7, 11) is 0. The van der Waals surface area contributed by atoms with Crippen LogP contribution < -0.4 is 4.74 Å². The maximum absolute atomic E-state index is 12.9.